The SMILES string of the molecule is COCC(CCCl)NC(=O)c1cc(Br)sc1Br. The maximum Gasteiger partial charge on any atom is 0.253 e. The minimum Gasteiger partial charge on any atom is -0.383 e. The Labute approximate surface area is 126 Å². The number of thiophene rings is 1. The van der Waals surface area contributed by atoms with Crippen LogP contribution in [0.25, 0.3) is 0 Å². The van der Waals surface area contributed by atoms with E-state index in [-0.39, 0.29) is 11.9 Å². The average molecular weight is 406 g/mol. The number of alkyl halides is 1. The molecule has 0 aromatic carbocycles. The Balaban J connectivity index is 2.66. The van der Waals surface area contributed by atoms with Crippen LogP contribution < -0.4 is 5.32 Å². The summed E-state index contributed by atoms with van der Waals surface area (Å²) >= 11 is 13.8. The molecule has 1 rings (SSSR count). The zero-order valence-corrected chi connectivity index (χ0v) is 13.9. The van der Waals surface area contributed by atoms with Gasteiger partial charge in [-0.25, -0.2) is 0 Å². The van der Waals surface area contributed by atoms with E-state index in [4.69, 9.17) is 16.3 Å². The summed E-state index contributed by atoms with van der Waals surface area (Å²) in [5.74, 6) is 0.369. The first kappa shape index (κ1) is 15.4. The molecule has 17 heavy (non-hydrogen) atoms. The molecule has 0 aliphatic carbocycles. The van der Waals surface area contributed by atoms with Crippen LogP contribution in [0, 0.1) is 0 Å². The summed E-state index contributed by atoms with van der Waals surface area (Å²) in [5, 5.41) is 2.90. The fourth-order valence-corrected chi connectivity index (χ4v) is 4.35. The van der Waals surface area contributed by atoms with Crippen LogP contribution in [0.5, 0.6) is 0 Å². The van der Waals surface area contributed by atoms with E-state index in [0.29, 0.717) is 24.5 Å². The maximum atomic E-state index is 12.0. The molecular weight excluding hydrogens is 393 g/mol. The molecule has 96 valence electrons. The van der Waals surface area contributed by atoms with Crippen LogP contribution in [0.2, 0.25) is 0 Å². The number of halogens is 3. The van der Waals surface area contributed by atoms with Crippen LogP contribution in [0.3, 0.4) is 0 Å². The molecule has 1 aromatic rings. The van der Waals surface area contributed by atoms with Crippen LogP contribution in [0.4, 0.5) is 0 Å². The smallest absolute Gasteiger partial charge is 0.253 e. The van der Waals surface area contributed by atoms with Crippen molar-refractivity contribution in [3.63, 3.8) is 0 Å². The second-order valence-corrected chi connectivity index (χ2v) is 7.47. The molecule has 1 atom stereocenters. The van der Waals surface area contributed by atoms with Gasteiger partial charge >= 0.3 is 0 Å². The molecule has 0 radical (unpaired) electrons. The normalized spacial score (nSPS) is 12.5. The molecule has 0 aliphatic rings. The second kappa shape index (κ2) is 7.74. The van der Waals surface area contributed by atoms with E-state index >= 15 is 0 Å². The van der Waals surface area contributed by atoms with Crippen molar-refractivity contribution < 1.29 is 9.53 Å². The van der Waals surface area contributed by atoms with Gasteiger partial charge in [0.2, 0.25) is 0 Å². The van der Waals surface area contributed by atoms with Gasteiger partial charge in [-0.1, -0.05) is 0 Å². The third kappa shape index (κ3) is 4.87. The lowest BCUT2D eigenvalue weighted by atomic mass is 10.2. The second-order valence-electron chi connectivity index (χ2n) is 3.34. The van der Waals surface area contributed by atoms with E-state index in [1.165, 1.54) is 11.3 Å². The minimum atomic E-state index is -0.119. The number of ether oxygens (including phenoxy) is 1. The molecule has 0 spiro atoms. The minimum absolute atomic E-state index is 0.0597. The predicted octanol–water partition coefficient (Wildman–Crippen LogP) is 3.65. The molecule has 0 saturated carbocycles. The molecule has 1 unspecified atom stereocenters. The Bertz CT molecular complexity index is 380. The lowest BCUT2D eigenvalue weighted by Gasteiger charge is -2.16. The van der Waals surface area contributed by atoms with E-state index in [9.17, 15) is 4.79 Å². The van der Waals surface area contributed by atoms with Crippen LogP contribution in [-0.4, -0.2) is 31.5 Å². The Kier molecular flexibility index (Phi) is 7.02. The maximum absolute atomic E-state index is 12.0. The molecule has 0 saturated heterocycles. The van der Waals surface area contributed by atoms with Gasteiger partial charge in [0.1, 0.15) is 0 Å². The lowest BCUT2D eigenvalue weighted by molar-refractivity contribution is 0.0895. The highest BCUT2D eigenvalue weighted by Crippen LogP contribution is 2.31. The molecule has 0 bridgehead atoms. The zero-order chi connectivity index (χ0) is 12.8. The number of amides is 1. The number of nitrogens with one attached hydrogen (secondary N) is 1. The third-order valence-corrected chi connectivity index (χ3v) is 4.62. The molecule has 7 heteroatoms. The first-order valence-electron chi connectivity index (χ1n) is 4.89. The van der Waals surface area contributed by atoms with Crippen molar-refractivity contribution in [3.05, 3.63) is 19.2 Å². The summed E-state index contributed by atoms with van der Waals surface area (Å²) in [6, 6.07) is 1.73. The van der Waals surface area contributed by atoms with Crippen LogP contribution in [0.15, 0.2) is 13.6 Å². The highest BCUT2D eigenvalue weighted by atomic mass is 79.9. The van der Waals surface area contributed by atoms with Gasteiger partial charge in [0.15, 0.2) is 0 Å². The van der Waals surface area contributed by atoms with Crippen molar-refractivity contribution >= 4 is 60.7 Å². The number of carbonyl (C=O) groups excluding carboxylic acids is 1. The van der Waals surface area contributed by atoms with Gasteiger partial charge < -0.3 is 10.1 Å². The van der Waals surface area contributed by atoms with Crippen LogP contribution in [0.1, 0.15) is 16.8 Å². The summed E-state index contributed by atoms with van der Waals surface area (Å²) in [6.07, 6.45) is 0.685. The van der Waals surface area contributed by atoms with E-state index in [2.05, 4.69) is 37.2 Å². The fraction of sp³-hybridized carbons (Fsp3) is 0.500. The van der Waals surface area contributed by atoms with Gasteiger partial charge in [-0.2, -0.15) is 0 Å². The van der Waals surface area contributed by atoms with Gasteiger partial charge in [0.25, 0.3) is 5.91 Å². The summed E-state index contributed by atoms with van der Waals surface area (Å²) in [6.45, 7) is 0.460. The van der Waals surface area contributed by atoms with Crippen molar-refractivity contribution in [1.82, 2.24) is 5.32 Å². The highest BCUT2D eigenvalue weighted by Gasteiger charge is 2.17. The van der Waals surface area contributed by atoms with Crippen molar-refractivity contribution in [1.29, 1.82) is 0 Å². The molecular formula is C10H12Br2ClNO2S. The average Bonchev–Trinajstić information content (AvgIpc) is 2.58. The molecule has 0 aliphatic heterocycles. The summed E-state index contributed by atoms with van der Waals surface area (Å²) in [5.41, 5.74) is 0.623. The topological polar surface area (TPSA) is 38.3 Å². The Hall–Kier alpha value is 0.380. The molecule has 0 fully saturated rings. The number of rotatable bonds is 6. The van der Waals surface area contributed by atoms with E-state index in [1.54, 1.807) is 13.2 Å². The van der Waals surface area contributed by atoms with E-state index in [0.717, 1.165) is 7.57 Å². The first-order valence-corrected chi connectivity index (χ1v) is 7.82. The lowest BCUT2D eigenvalue weighted by Crippen LogP contribution is -2.38. The Morgan fingerprint density at radius 2 is 2.35 bits per heavy atom. The van der Waals surface area contributed by atoms with Crippen molar-refractivity contribution in [2.24, 2.45) is 0 Å². The van der Waals surface area contributed by atoms with Crippen molar-refractivity contribution in [2.45, 2.75) is 12.5 Å². The monoisotopic (exact) mass is 403 g/mol. The van der Waals surface area contributed by atoms with Gasteiger partial charge in [-0.3, -0.25) is 4.79 Å². The largest absolute Gasteiger partial charge is 0.383 e. The van der Waals surface area contributed by atoms with Crippen LogP contribution in [-0.2, 0) is 4.74 Å². The number of hydrogen-bond donors (Lipinski definition) is 1. The Morgan fingerprint density at radius 1 is 1.65 bits per heavy atom. The van der Waals surface area contributed by atoms with Gasteiger partial charge in [-0.05, 0) is 44.3 Å². The van der Waals surface area contributed by atoms with Gasteiger partial charge in [-0.15, -0.1) is 22.9 Å². The van der Waals surface area contributed by atoms with Crippen molar-refractivity contribution in [3.8, 4) is 0 Å². The summed E-state index contributed by atoms with van der Waals surface area (Å²) in [7, 11) is 1.60. The fourth-order valence-electron chi connectivity index (χ4n) is 1.29. The van der Waals surface area contributed by atoms with Crippen molar-refractivity contribution in [2.75, 3.05) is 19.6 Å². The molecule has 1 N–H and O–H groups in total. The van der Waals surface area contributed by atoms with Gasteiger partial charge in [0, 0.05) is 13.0 Å². The van der Waals surface area contributed by atoms with Crippen LogP contribution >= 0.6 is 54.8 Å². The number of hydrogen-bond acceptors (Lipinski definition) is 3. The zero-order valence-electron chi connectivity index (χ0n) is 9.13. The van der Waals surface area contributed by atoms with E-state index in [1.807, 2.05) is 0 Å². The first-order chi connectivity index (χ1) is 8.08. The number of methoxy groups -OCH3 is 1. The quantitative estimate of drug-likeness (QED) is 0.734. The van der Waals surface area contributed by atoms with Gasteiger partial charge in [0.05, 0.1) is 25.8 Å². The van der Waals surface area contributed by atoms with E-state index < -0.39 is 0 Å². The molecule has 1 aromatic heterocycles. The highest BCUT2D eigenvalue weighted by molar-refractivity contribution is 9.12. The number of carbonyl (C=O) groups is 1. The Morgan fingerprint density at radius 3 is 2.82 bits per heavy atom. The molecule has 1 amide bonds. The molecule has 1 heterocycles. The predicted molar refractivity (Wildman–Crippen MR) is 78.2 cm³/mol. The standard InChI is InChI=1S/C10H12Br2ClNO2S/c1-16-5-6(2-3-13)14-10(15)7-4-8(11)17-9(7)12/h4,6H,2-3,5H2,1H3,(H,14,15). The summed E-state index contributed by atoms with van der Waals surface area (Å²) in [4.78, 5) is 12.0. The third-order valence-electron chi connectivity index (χ3n) is 2.06. The summed E-state index contributed by atoms with van der Waals surface area (Å²) < 4.78 is 6.76. The molecule has 3 nitrogen and oxygen atoms in total.